The normalized spacial score (nSPS) is 14.9. The second-order valence-corrected chi connectivity index (χ2v) is 5.22. The lowest BCUT2D eigenvalue weighted by atomic mass is 10.0. The van der Waals surface area contributed by atoms with Crippen molar-refractivity contribution in [2.75, 3.05) is 5.75 Å². The van der Waals surface area contributed by atoms with Crippen molar-refractivity contribution in [2.24, 2.45) is 5.92 Å². The third-order valence-corrected chi connectivity index (χ3v) is 4.32. The number of unbranched alkanes of at least 4 members (excludes halogenated alkanes) is 1. The summed E-state index contributed by atoms with van der Waals surface area (Å²) in [7, 11) is 0. The Morgan fingerprint density at radius 3 is 2.33 bits per heavy atom. The number of hydrogen-bond acceptors (Lipinski definition) is 2. The molecule has 0 spiro atoms. The zero-order valence-corrected chi connectivity index (χ0v) is 11.0. The Kier molecular flexibility index (Phi) is 8.97. The molecule has 0 bridgehead atoms. The minimum atomic E-state index is -0.659. The zero-order chi connectivity index (χ0) is 11.7. The molecule has 2 unspecified atom stereocenters. The predicted molar refractivity (Wildman–Crippen MR) is 67.5 cm³/mol. The van der Waals surface area contributed by atoms with Crippen molar-refractivity contribution in [3.05, 3.63) is 0 Å². The SMILES string of the molecule is CCCCC(CC)CSC(CC)C(=O)O. The maximum Gasteiger partial charge on any atom is 0.316 e. The molecule has 0 aromatic heterocycles. The van der Waals surface area contributed by atoms with E-state index in [2.05, 4.69) is 13.8 Å². The molecule has 1 N–H and O–H groups in total. The van der Waals surface area contributed by atoms with Gasteiger partial charge in [-0.05, 0) is 24.5 Å². The quantitative estimate of drug-likeness (QED) is 0.657. The van der Waals surface area contributed by atoms with Gasteiger partial charge in [0.2, 0.25) is 0 Å². The van der Waals surface area contributed by atoms with E-state index in [9.17, 15) is 4.79 Å². The highest BCUT2D eigenvalue weighted by atomic mass is 32.2. The average Bonchev–Trinajstić information content (AvgIpc) is 2.23. The van der Waals surface area contributed by atoms with E-state index in [1.165, 1.54) is 25.7 Å². The van der Waals surface area contributed by atoms with E-state index in [1.807, 2.05) is 6.92 Å². The zero-order valence-electron chi connectivity index (χ0n) is 10.2. The minimum absolute atomic E-state index is 0.208. The number of carboxylic acid groups (broad SMARTS) is 1. The number of thioether (sulfide) groups is 1. The van der Waals surface area contributed by atoms with Gasteiger partial charge in [0.05, 0.1) is 0 Å². The third-order valence-electron chi connectivity index (χ3n) is 2.72. The second-order valence-electron chi connectivity index (χ2n) is 3.98. The van der Waals surface area contributed by atoms with Gasteiger partial charge >= 0.3 is 5.97 Å². The summed E-state index contributed by atoms with van der Waals surface area (Å²) in [4.78, 5) is 10.8. The Hall–Kier alpha value is -0.180. The molecule has 2 nitrogen and oxygen atoms in total. The smallest absolute Gasteiger partial charge is 0.316 e. The molecule has 0 heterocycles. The fourth-order valence-electron chi connectivity index (χ4n) is 1.51. The number of aliphatic carboxylic acids is 1. The van der Waals surface area contributed by atoms with Gasteiger partial charge in [0, 0.05) is 0 Å². The summed E-state index contributed by atoms with van der Waals surface area (Å²) < 4.78 is 0. The van der Waals surface area contributed by atoms with Gasteiger partial charge in [0.1, 0.15) is 5.25 Å². The average molecular weight is 232 g/mol. The van der Waals surface area contributed by atoms with Gasteiger partial charge in [-0.15, -0.1) is 11.8 Å². The first-order chi connectivity index (χ1) is 7.15. The maximum atomic E-state index is 10.8. The summed E-state index contributed by atoms with van der Waals surface area (Å²) in [6.45, 7) is 6.34. The summed E-state index contributed by atoms with van der Waals surface area (Å²) in [5.74, 6) is 1.04. The van der Waals surface area contributed by atoms with Crippen LogP contribution < -0.4 is 0 Å². The molecule has 0 saturated carbocycles. The highest BCUT2D eigenvalue weighted by Crippen LogP contribution is 2.23. The number of carbonyl (C=O) groups is 1. The van der Waals surface area contributed by atoms with Crippen LogP contribution in [0.5, 0.6) is 0 Å². The monoisotopic (exact) mass is 232 g/mol. The first-order valence-corrected chi connectivity index (χ1v) is 7.04. The lowest BCUT2D eigenvalue weighted by Crippen LogP contribution is -2.17. The molecule has 90 valence electrons. The van der Waals surface area contributed by atoms with Crippen molar-refractivity contribution in [1.29, 1.82) is 0 Å². The number of rotatable bonds is 9. The van der Waals surface area contributed by atoms with Gasteiger partial charge in [0.15, 0.2) is 0 Å². The van der Waals surface area contributed by atoms with E-state index in [0.29, 0.717) is 5.92 Å². The molecule has 0 aromatic carbocycles. The van der Waals surface area contributed by atoms with Crippen LogP contribution in [0.3, 0.4) is 0 Å². The van der Waals surface area contributed by atoms with Gasteiger partial charge in [0.25, 0.3) is 0 Å². The number of carboxylic acids is 1. The molecule has 2 atom stereocenters. The molecule has 0 aliphatic rings. The van der Waals surface area contributed by atoms with Gasteiger partial charge < -0.3 is 5.11 Å². The molecule has 3 heteroatoms. The van der Waals surface area contributed by atoms with Crippen LogP contribution in [0, 0.1) is 5.92 Å². The highest BCUT2D eigenvalue weighted by Gasteiger charge is 2.17. The van der Waals surface area contributed by atoms with E-state index in [1.54, 1.807) is 11.8 Å². The Morgan fingerprint density at radius 1 is 1.27 bits per heavy atom. The van der Waals surface area contributed by atoms with Crippen LogP contribution in [0.1, 0.15) is 52.9 Å². The van der Waals surface area contributed by atoms with Crippen LogP contribution in [0.2, 0.25) is 0 Å². The van der Waals surface area contributed by atoms with Gasteiger partial charge in [-0.1, -0.05) is 40.0 Å². The van der Waals surface area contributed by atoms with E-state index < -0.39 is 5.97 Å². The molecule has 0 aliphatic carbocycles. The Morgan fingerprint density at radius 2 is 1.93 bits per heavy atom. The van der Waals surface area contributed by atoms with Crippen LogP contribution in [-0.2, 0) is 4.79 Å². The molecule has 15 heavy (non-hydrogen) atoms. The lowest BCUT2D eigenvalue weighted by Gasteiger charge is -2.16. The fraction of sp³-hybridized carbons (Fsp3) is 0.917. The van der Waals surface area contributed by atoms with Crippen molar-refractivity contribution >= 4 is 17.7 Å². The molecule has 0 saturated heterocycles. The molecular weight excluding hydrogens is 208 g/mol. The minimum Gasteiger partial charge on any atom is -0.480 e. The standard InChI is InChI=1S/C12H24O2S/c1-4-7-8-10(5-2)9-15-11(6-3)12(13)14/h10-11H,4-9H2,1-3H3,(H,13,14). The van der Waals surface area contributed by atoms with Crippen LogP contribution in [0.25, 0.3) is 0 Å². The predicted octanol–water partition coefficient (Wildman–Crippen LogP) is 3.80. The van der Waals surface area contributed by atoms with Crippen LogP contribution in [0.4, 0.5) is 0 Å². The second kappa shape index (κ2) is 9.08. The van der Waals surface area contributed by atoms with Gasteiger partial charge in [-0.3, -0.25) is 4.79 Å². The third kappa shape index (κ3) is 6.82. The summed E-state index contributed by atoms with van der Waals surface area (Å²) in [6.07, 6.45) is 5.64. The van der Waals surface area contributed by atoms with E-state index >= 15 is 0 Å². The Balaban J connectivity index is 3.81. The van der Waals surface area contributed by atoms with Gasteiger partial charge in [-0.2, -0.15) is 0 Å². The van der Waals surface area contributed by atoms with E-state index in [-0.39, 0.29) is 5.25 Å². The fourth-order valence-corrected chi connectivity index (χ4v) is 2.80. The van der Waals surface area contributed by atoms with Crippen molar-refractivity contribution in [1.82, 2.24) is 0 Å². The molecule has 0 fully saturated rings. The lowest BCUT2D eigenvalue weighted by molar-refractivity contribution is -0.136. The summed E-state index contributed by atoms with van der Waals surface area (Å²) in [6, 6.07) is 0. The van der Waals surface area contributed by atoms with E-state index in [4.69, 9.17) is 5.11 Å². The van der Waals surface area contributed by atoms with Crippen LogP contribution in [-0.4, -0.2) is 22.1 Å². The Labute approximate surface area is 97.8 Å². The first kappa shape index (κ1) is 14.8. The first-order valence-electron chi connectivity index (χ1n) is 6.00. The molecule has 0 aromatic rings. The van der Waals surface area contributed by atoms with E-state index in [0.717, 1.165) is 12.2 Å². The topological polar surface area (TPSA) is 37.3 Å². The van der Waals surface area contributed by atoms with Crippen LogP contribution in [0.15, 0.2) is 0 Å². The molecular formula is C12H24O2S. The number of hydrogen-bond donors (Lipinski definition) is 1. The summed E-state index contributed by atoms with van der Waals surface area (Å²) in [5.41, 5.74) is 0. The Bertz CT molecular complexity index is 171. The summed E-state index contributed by atoms with van der Waals surface area (Å²) >= 11 is 1.61. The molecule has 0 rings (SSSR count). The maximum absolute atomic E-state index is 10.8. The largest absolute Gasteiger partial charge is 0.480 e. The highest BCUT2D eigenvalue weighted by molar-refractivity contribution is 8.00. The van der Waals surface area contributed by atoms with Crippen molar-refractivity contribution in [3.8, 4) is 0 Å². The molecule has 0 amide bonds. The molecule has 0 aliphatic heterocycles. The van der Waals surface area contributed by atoms with Crippen molar-refractivity contribution in [2.45, 2.75) is 58.1 Å². The van der Waals surface area contributed by atoms with Crippen molar-refractivity contribution in [3.63, 3.8) is 0 Å². The van der Waals surface area contributed by atoms with Gasteiger partial charge in [-0.25, -0.2) is 0 Å². The van der Waals surface area contributed by atoms with Crippen molar-refractivity contribution < 1.29 is 9.90 Å². The molecule has 0 radical (unpaired) electrons. The van der Waals surface area contributed by atoms with Crippen LogP contribution >= 0.6 is 11.8 Å². The summed E-state index contributed by atoms with van der Waals surface area (Å²) in [5, 5.41) is 8.71.